The van der Waals surface area contributed by atoms with Gasteiger partial charge < -0.3 is 14.2 Å². The van der Waals surface area contributed by atoms with Crippen LogP contribution in [0.2, 0.25) is 0 Å². The molecule has 0 bridgehead atoms. The van der Waals surface area contributed by atoms with E-state index < -0.39 is 10.9 Å². The number of nitro benzene ring substituents is 1. The van der Waals surface area contributed by atoms with Crippen LogP contribution in [0.4, 0.5) is 11.4 Å². The molecule has 144 valence electrons. The summed E-state index contributed by atoms with van der Waals surface area (Å²) in [6.45, 7) is 7.21. The topological polar surface area (TPSA) is 98.7 Å². The highest BCUT2D eigenvalue weighted by atomic mass is 16.6. The minimum atomic E-state index is -0.614. The number of carbonyl (C=O) groups is 1. The molecule has 1 aliphatic heterocycles. The number of hydrogen-bond acceptors (Lipinski definition) is 7. The number of esters is 1. The summed E-state index contributed by atoms with van der Waals surface area (Å²) in [4.78, 5) is 25.5. The van der Waals surface area contributed by atoms with Crippen LogP contribution in [-0.4, -0.2) is 29.1 Å². The van der Waals surface area contributed by atoms with Crippen LogP contribution in [0.25, 0.3) is 0 Å². The van der Waals surface area contributed by atoms with Gasteiger partial charge in [0.15, 0.2) is 0 Å². The number of carbonyl (C=O) groups excluding carboxylic acids is 1. The van der Waals surface area contributed by atoms with Gasteiger partial charge in [-0.1, -0.05) is 12.1 Å². The number of rotatable bonds is 5. The Labute approximate surface area is 157 Å². The van der Waals surface area contributed by atoms with E-state index >= 15 is 0 Å². The highest BCUT2D eigenvalue weighted by molar-refractivity contribution is 5.91. The first kappa shape index (κ1) is 18.9. The fraction of sp³-hybridized carbons (Fsp3) is 0.474. The average molecular weight is 373 g/mol. The van der Waals surface area contributed by atoms with Crippen LogP contribution in [0, 0.1) is 29.9 Å². The number of nitro groups is 1. The smallest absolute Gasteiger partial charge is 0.338 e. The minimum Gasteiger partial charge on any atom is -0.457 e. The predicted octanol–water partition coefficient (Wildman–Crippen LogP) is 3.79. The Morgan fingerprint density at radius 1 is 1.44 bits per heavy atom. The molecule has 3 rings (SSSR count). The molecule has 0 aliphatic carbocycles. The molecule has 0 amide bonds. The number of nitrogens with zero attached hydrogens (tertiary/aromatic N) is 3. The Kier molecular flexibility index (Phi) is 5.43. The van der Waals surface area contributed by atoms with Gasteiger partial charge >= 0.3 is 5.97 Å². The van der Waals surface area contributed by atoms with E-state index in [1.165, 1.54) is 6.07 Å². The molecule has 2 heterocycles. The standard InChI is InChI=1S/C19H23N3O5/c1-12-5-4-8-21(10-12)17-7-6-15(9-18(17)22(24)25)19(23)26-11-16-13(2)20-27-14(16)3/h6-7,9,12H,4-5,8,10-11H2,1-3H3. The monoisotopic (exact) mass is 373 g/mol. The molecular formula is C19H23N3O5. The number of ether oxygens (including phenoxy) is 1. The molecule has 27 heavy (non-hydrogen) atoms. The zero-order valence-corrected chi connectivity index (χ0v) is 15.7. The summed E-state index contributed by atoms with van der Waals surface area (Å²) in [5.74, 6) is 0.454. The summed E-state index contributed by atoms with van der Waals surface area (Å²) in [6, 6.07) is 4.52. The molecule has 0 saturated carbocycles. The molecule has 1 aliphatic rings. The van der Waals surface area contributed by atoms with Gasteiger partial charge in [0, 0.05) is 19.2 Å². The van der Waals surface area contributed by atoms with Crippen molar-refractivity contribution in [1.82, 2.24) is 5.16 Å². The molecule has 2 aromatic rings. The third-order valence-corrected chi connectivity index (χ3v) is 4.93. The van der Waals surface area contributed by atoms with Crippen molar-refractivity contribution < 1.29 is 19.0 Å². The molecule has 8 nitrogen and oxygen atoms in total. The Morgan fingerprint density at radius 3 is 2.85 bits per heavy atom. The number of aromatic nitrogens is 1. The van der Waals surface area contributed by atoms with Gasteiger partial charge in [-0.05, 0) is 44.7 Å². The highest BCUT2D eigenvalue weighted by Crippen LogP contribution is 2.32. The number of piperidine rings is 1. The van der Waals surface area contributed by atoms with Gasteiger partial charge in [0.2, 0.25) is 0 Å². The van der Waals surface area contributed by atoms with Crippen molar-refractivity contribution in [3.05, 3.63) is 50.9 Å². The number of hydrogen-bond donors (Lipinski definition) is 0. The molecule has 1 unspecified atom stereocenters. The lowest BCUT2D eigenvalue weighted by atomic mass is 9.99. The summed E-state index contributed by atoms with van der Waals surface area (Å²) in [5.41, 5.74) is 1.99. The van der Waals surface area contributed by atoms with Crippen LogP contribution in [0.1, 0.15) is 47.1 Å². The fourth-order valence-electron chi connectivity index (χ4n) is 3.40. The molecule has 1 aromatic heterocycles. The zero-order chi connectivity index (χ0) is 19.6. The second-order valence-corrected chi connectivity index (χ2v) is 7.03. The van der Waals surface area contributed by atoms with Gasteiger partial charge in [0.1, 0.15) is 18.1 Å². The predicted molar refractivity (Wildman–Crippen MR) is 98.8 cm³/mol. The molecule has 1 fully saturated rings. The van der Waals surface area contributed by atoms with Gasteiger partial charge in [-0.2, -0.15) is 0 Å². The van der Waals surface area contributed by atoms with E-state index in [9.17, 15) is 14.9 Å². The van der Waals surface area contributed by atoms with Crippen LogP contribution in [0.5, 0.6) is 0 Å². The maximum Gasteiger partial charge on any atom is 0.338 e. The fourth-order valence-corrected chi connectivity index (χ4v) is 3.40. The van der Waals surface area contributed by atoms with E-state index in [0.29, 0.717) is 28.6 Å². The summed E-state index contributed by atoms with van der Waals surface area (Å²) in [7, 11) is 0. The number of benzene rings is 1. The van der Waals surface area contributed by atoms with Crippen molar-refractivity contribution >= 4 is 17.3 Å². The summed E-state index contributed by atoms with van der Waals surface area (Å²) in [5, 5.41) is 15.4. The normalized spacial score (nSPS) is 17.0. The van der Waals surface area contributed by atoms with Crippen LogP contribution in [-0.2, 0) is 11.3 Å². The van der Waals surface area contributed by atoms with Gasteiger partial charge in [-0.15, -0.1) is 0 Å². The third-order valence-electron chi connectivity index (χ3n) is 4.93. The number of anilines is 1. The second-order valence-electron chi connectivity index (χ2n) is 7.03. The van der Waals surface area contributed by atoms with Crippen molar-refractivity contribution in [2.45, 2.75) is 40.2 Å². The SMILES string of the molecule is Cc1noc(C)c1COC(=O)c1ccc(N2CCCC(C)C2)c([N+](=O)[O-])c1. The molecule has 1 aromatic carbocycles. The first-order valence-corrected chi connectivity index (χ1v) is 8.99. The van der Waals surface area contributed by atoms with E-state index in [2.05, 4.69) is 12.1 Å². The van der Waals surface area contributed by atoms with E-state index in [1.54, 1.807) is 26.0 Å². The Morgan fingerprint density at radius 2 is 2.22 bits per heavy atom. The Balaban J connectivity index is 1.79. The van der Waals surface area contributed by atoms with Gasteiger partial charge in [-0.25, -0.2) is 4.79 Å². The first-order chi connectivity index (χ1) is 12.9. The Bertz CT molecular complexity index is 842. The van der Waals surface area contributed by atoms with E-state index in [-0.39, 0.29) is 17.9 Å². The third kappa shape index (κ3) is 4.10. The maximum atomic E-state index is 12.4. The van der Waals surface area contributed by atoms with Gasteiger partial charge in [-0.3, -0.25) is 10.1 Å². The lowest BCUT2D eigenvalue weighted by molar-refractivity contribution is -0.384. The zero-order valence-electron chi connectivity index (χ0n) is 15.7. The largest absolute Gasteiger partial charge is 0.457 e. The maximum absolute atomic E-state index is 12.4. The molecule has 0 spiro atoms. The van der Waals surface area contributed by atoms with E-state index in [0.717, 1.165) is 25.9 Å². The molecule has 0 N–H and O–H groups in total. The molecule has 1 atom stereocenters. The second kappa shape index (κ2) is 7.77. The lowest BCUT2D eigenvalue weighted by Gasteiger charge is -2.32. The highest BCUT2D eigenvalue weighted by Gasteiger charge is 2.25. The quantitative estimate of drug-likeness (QED) is 0.446. The molecular weight excluding hydrogens is 350 g/mol. The first-order valence-electron chi connectivity index (χ1n) is 8.99. The minimum absolute atomic E-state index is 0.0131. The van der Waals surface area contributed by atoms with Crippen LogP contribution < -0.4 is 4.90 Å². The summed E-state index contributed by atoms with van der Waals surface area (Å²) >= 11 is 0. The van der Waals surface area contributed by atoms with Crippen molar-refractivity contribution in [1.29, 1.82) is 0 Å². The average Bonchev–Trinajstić information content (AvgIpc) is 2.97. The van der Waals surface area contributed by atoms with Crippen molar-refractivity contribution in [3.8, 4) is 0 Å². The Hall–Kier alpha value is -2.90. The lowest BCUT2D eigenvalue weighted by Crippen LogP contribution is -2.34. The summed E-state index contributed by atoms with van der Waals surface area (Å²) < 4.78 is 10.3. The van der Waals surface area contributed by atoms with Crippen molar-refractivity contribution in [2.75, 3.05) is 18.0 Å². The van der Waals surface area contributed by atoms with Crippen LogP contribution in [0.15, 0.2) is 22.7 Å². The van der Waals surface area contributed by atoms with Crippen molar-refractivity contribution in [3.63, 3.8) is 0 Å². The molecule has 1 saturated heterocycles. The summed E-state index contributed by atoms with van der Waals surface area (Å²) in [6.07, 6.45) is 2.12. The van der Waals surface area contributed by atoms with Gasteiger partial charge in [0.25, 0.3) is 5.69 Å². The molecule has 0 radical (unpaired) electrons. The van der Waals surface area contributed by atoms with Crippen molar-refractivity contribution in [2.24, 2.45) is 5.92 Å². The molecule has 8 heteroatoms. The van der Waals surface area contributed by atoms with Crippen LogP contribution >= 0.6 is 0 Å². The van der Waals surface area contributed by atoms with Gasteiger partial charge in [0.05, 0.1) is 21.7 Å². The van der Waals surface area contributed by atoms with E-state index in [4.69, 9.17) is 9.26 Å². The van der Waals surface area contributed by atoms with Crippen LogP contribution in [0.3, 0.4) is 0 Å². The number of aryl methyl sites for hydroxylation is 2. The van der Waals surface area contributed by atoms with E-state index in [1.807, 2.05) is 4.90 Å².